The summed E-state index contributed by atoms with van der Waals surface area (Å²) in [6.45, 7) is -0.499. The maximum atomic E-state index is 11.2. The van der Waals surface area contributed by atoms with Crippen LogP contribution in [0.3, 0.4) is 0 Å². The minimum Gasteiger partial charge on any atom is -0.394 e. The molecule has 0 saturated carbocycles. The van der Waals surface area contributed by atoms with E-state index in [-0.39, 0.29) is 0 Å². The van der Waals surface area contributed by atoms with Gasteiger partial charge >= 0.3 is 0 Å². The fraction of sp³-hybridized carbons (Fsp3) is 0.400. The molecule has 118 valence electrons. The van der Waals surface area contributed by atoms with Crippen LogP contribution in [0.1, 0.15) is 16.6 Å². The Kier molecular flexibility index (Phi) is 3.98. The number of carbonyl (C=O) groups is 1. The molecule has 7 nitrogen and oxygen atoms in total. The number of aldehydes is 1. The van der Waals surface area contributed by atoms with Crippen LogP contribution in [-0.2, 0) is 4.74 Å². The first-order valence-corrected chi connectivity index (χ1v) is 6.93. The fourth-order valence-corrected chi connectivity index (χ4v) is 2.85. The SMILES string of the molecule is O=Cc1cn([C@@H]2OC(CO)[C@@H](O)[C@H](O)[C@@H]2O)c2ccccc12. The van der Waals surface area contributed by atoms with E-state index >= 15 is 0 Å². The average molecular weight is 307 g/mol. The average Bonchev–Trinajstić information content (AvgIpc) is 2.92. The summed E-state index contributed by atoms with van der Waals surface area (Å²) in [5.41, 5.74) is 1.07. The Balaban J connectivity index is 2.08. The number of nitrogens with zero attached hydrogens (tertiary/aromatic N) is 1. The molecule has 0 aliphatic carbocycles. The normalized spacial score (nSPS) is 32.3. The first kappa shape index (κ1) is 15.1. The number of carbonyl (C=O) groups excluding carboxylic acids is 1. The predicted octanol–water partition coefficient (Wildman–Crippen LogP) is -0.574. The lowest BCUT2D eigenvalue weighted by molar-refractivity contribution is -0.250. The van der Waals surface area contributed by atoms with Crippen molar-refractivity contribution in [1.82, 2.24) is 4.57 Å². The van der Waals surface area contributed by atoms with Gasteiger partial charge in [0.1, 0.15) is 24.4 Å². The quantitative estimate of drug-likeness (QED) is 0.565. The number of benzene rings is 1. The standard InChI is InChI=1S/C15H17NO6/c17-6-8-5-16(10-4-2-1-3-9(8)10)15-14(21)13(20)12(19)11(7-18)22-15/h1-6,11-15,18-21H,7H2/t11?,12-,13+,14+,15-/m1/s1. The highest BCUT2D eigenvalue weighted by Gasteiger charge is 2.44. The van der Waals surface area contributed by atoms with Gasteiger partial charge in [0, 0.05) is 17.1 Å². The van der Waals surface area contributed by atoms with Gasteiger partial charge in [-0.15, -0.1) is 0 Å². The van der Waals surface area contributed by atoms with Crippen LogP contribution in [-0.4, -0.2) is 62.3 Å². The van der Waals surface area contributed by atoms with Gasteiger partial charge in [-0.3, -0.25) is 4.79 Å². The van der Waals surface area contributed by atoms with Crippen molar-refractivity contribution in [2.24, 2.45) is 0 Å². The first-order chi connectivity index (χ1) is 10.6. The largest absolute Gasteiger partial charge is 0.394 e. The van der Waals surface area contributed by atoms with Gasteiger partial charge in [-0.25, -0.2) is 0 Å². The Labute approximate surface area is 126 Å². The number of para-hydroxylation sites is 1. The molecule has 1 fully saturated rings. The van der Waals surface area contributed by atoms with Crippen molar-refractivity contribution in [3.05, 3.63) is 36.0 Å². The zero-order chi connectivity index (χ0) is 15.9. The molecule has 7 heteroatoms. The number of aromatic nitrogens is 1. The van der Waals surface area contributed by atoms with Gasteiger partial charge in [0.25, 0.3) is 0 Å². The first-order valence-electron chi connectivity index (χ1n) is 6.93. The van der Waals surface area contributed by atoms with E-state index in [0.717, 1.165) is 0 Å². The van der Waals surface area contributed by atoms with Crippen molar-refractivity contribution >= 4 is 17.2 Å². The lowest BCUT2D eigenvalue weighted by atomic mass is 9.98. The Hall–Kier alpha value is -1.77. The van der Waals surface area contributed by atoms with Gasteiger partial charge in [-0.05, 0) is 6.07 Å². The molecule has 2 aromatic rings. The number of hydrogen-bond acceptors (Lipinski definition) is 6. The van der Waals surface area contributed by atoms with E-state index in [1.165, 1.54) is 10.8 Å². The monoisotopic (exact) mass is 307 g/mol. The van der Waals surface area contributed by atoms with Gasteiger partial charge in [-0.1, -0.05) is 18.2 Å². The van der Waals surface area contributed by atoms with Crippen LogP contribution in [0.15, 0.2) is 30.5 Å². The highest BCUT2D eigenvalue weighted by molar-refractivity contribution is 5.97. The molecule has 0 bridgehead atoms. The Morgan fingerprint density at radius 2 is 1.86 bits per heavy atom. The van der Waals surface area contributed by atoms with Gasteiger partial charge in [0.05, 0.1) is 12.1 Å². The molecule has 1 aromatic carbocycles. The van der Waals surface area contributed by atoms with E-state index in [2.05, 4.69) is 0 Å². The van der Waals surface area contributed by atoms with Gasteiger partial charge in [-0.2, -0.15) is 0 Å². The van der Waals surface area contributed by atoms with Crippen LogP contribution in [0, 0.1) is 0 Å². The highest BCUT2D eigenvalue weighted by atomic mass is 16.6. The van der Waals surface area contributed by atoms with E-state index < -0.39 is 37.3 Å². The lowest BCUT2D eigenvalue weighted by Gasteiger charge is -2.40. The van der Waals surface area contributed by atoms with E-state index in [1.807, 2.05) is 0 Å². The molecule has 3 rings (SSSR count). The predicted molar refractivity (Wildman–Crippen MR) is 76.3 cm³/mol. The number of aliphatic hydroxyl groups excluding tert-OH is 4. The summed E-state index contributed by atoms with van der Waals surface area (Å²) in [7, 11) is 0. The summed E-state index contributed by atoms with van der Waals surface area (Å²) in [5.74, 6) is 0. The fourth-order valence-electron chi connectivity index (χ4n) is 2.85. The van der Waals surface area contributed by atoms with Crippen LogP contribution in [0.4, 0.5) is 0 Å². The second-order valence-electron chi connectivity index (χ2n) is 5.35. The van der Waals surface area contributed by atoms with E-state index in [9.17, 15) is 25.2 Å². The number of ether oxygens (including phenoxy) is 1. The van der Waals surface area contributed by atoms with E-state index in [0.29, 0.717) is 22.8 Å². The molecule has 1 aliphatic heterocycles. The van der Waals surface area contributed by atoms with Gasteiger partial charge in [0.2, 0.25) is 0 Å². The summed E-state index contributed by atoms with van der Waals surface area (Å²) in [6, 6.07) is 7.08. The lowest BCUT2D eigenvalue weighted by Crippen LogP contribution is -2.56. The maximum Gasteiger partial charge on any atom is 0.163 e. The molecule has 2 heterocycles. The molecular weight excluding hydrogens is 290 g/mol. The third-order valence-corrected chi connectivity index (χ3v) is 4.04. The summed E-state index contributed by atoms with van der Waals surface area (Å²) in [6.07, 6.45) is -4.07. The molecule has 1 aromatic heterocycles. The molecule has 22 heavy (non-hydrogen) atoms. The molecular formula is C15H17NO6. The molecule has 1 unspecified atom stereocenters. The summed E-state index contributed by atoms with van der Waals surface area (Å²) in [4.78, 5) is 11.2. The van der Waals surface area contributed by atoms with Gasteiger partial charge < -0.3 is 29.7 Å². The van der Waals surface area contributed by atoms with E-state index in [4.69, 9.17) is 4.74 Å². The molecule has 1 saturated heterocycles. The van der Waals surface area contributed by atoms with Crippen LogP contribution in [0.2, 0.25) is 0 Å². The van der Waals surface area contributed by atoms with Crippen molar-refractivity contribution in [1.29, 1.82) is 0 Å². The Bertz CT molecular complexity index is 682. The zero-order valence-electron chi connectivity index (χ0n) is 11.6. The van der Waals surface area contributed by atoms with Gasteiger partial charge in [0.15, 0.2) is 12.5 Å². The van der Waals surface area contributed by atoms with Crippen molar-refractivity contribution in [2.45, 2.75) is 30.6 Å². The maximum absolute atomic E-state index is 11.2. The van der Waals surface area contributed by atoms with Crippen molar-refractivity contribution in [2.75, 3.05) is 6.61 Å². The zero-order valence-corrected chi connectivity index (χ0v) is 11.6. The second-order valence-corrected chi connectivity index (χ2v) is 5.35. The van der Waals surface area contributed by atoms with Crippen LogP contribution in [0.5, 0.6) is 0 Å². The molecule has 4 N–H and O–H groups in total. The van der Waals surface area contributed by atoms with Crippen LogP contribution < -0.4 is 0 Å². The topological polar surface area (TPSA) is 112 Å². The third kappa shape index (κ3) is 2.23. The van der Waals surface area contributed by atoms with E-state index in [1.54, 1.807) is 24.3 Å². The molecule has 0 radical (unpaired) electrons. The number of fused-ring (bicyclic) bond motifs is 1. The van der Waals surface area contributed by atoms with Crippen molar-refractivity contribution in [3.8, 4) is 0 Å². The third-order valence-electron chi connectivity index (χ3n) is 4.04. The molecule has 0 amide bonds. The minimum atomic E-state index is -1.46. The summed E-state index contributed by atoms with van der Waals surface area (Å²) in [5, 5.41) is 39.8. The Morgan fingerprint density at radius 3 is 2.55 bits per heavy atom. The van der Waals surface area contributed by atoms with Crippen LogP contribution >= 0.6 is 0 Å². The number of hydrogen-bond donors (Lipinski definition) is 4. The molecule has 5 atom stereocenters. The minimum absolute atomic E-state index is 0.424. The van der Waals surface area contributed by atoms with Crippen molar-refractivity contribution < 1.29 is 30.0 Å². The van der Waals surface area contributed by atoms with Crippen molar-refractivity contribution in [3.63, 3.8) is 0 Å². The summed E-state index contributed by atoms with van der Waals surface area (Å²) >= 11 is 0. The summed E-state index contributed by atoms with van der Waals surface area (Å²) < 4.78 is 7.05. The smallest absolute Gasteiger partial charge is 0.163 e. The second kappa shape index (κ2) is 5.79. The number of rotatable bonds is 3. The highest BCUT2D eigenvalue weighted by Crippen LogP contribution is 2.32. The Morgan fingerprint density at radius 1 is 1.14 bits per heavy atom. The van der Waals surface area contributed by atoms with Crippen LogP contribution in [0.25, 0.3) is 10.9 Å². The molecule has 0 spiro atoms. The number of aliphatic hydroxyl groups is 4. The molecule has 1 aliphatic rings.